The second kappa shape index (κ2) is 5.73. The largest absolute Gasteiger partial charge is 0.279 e. The van der Waals surface area contributed by atoms with Crippen LogP contribution in [0.25, 0.3) is 0 Å². The summed E-state index contributed by atoms with van der Waals surface area (Å²) in [6.07, 6.45) is 0. The zero-order valence-electron chi connectivity index (χ0n) is 10.3. The van der Waals surface area contributed by atoms with Crippen LogP contribution in [-0.4, -0.2) is 8.42 Å². The van der Waals surface area contributed by atoms with E-state index >= 15 is 0 Å². The fourth-order valence-corrected chi connectivity index (χ4v) is 2.87. The Morgan fingerprint density at radius 2 is 1.18 bits per heavy atom. The van der Waals surface area contributed by atoms with Crippen molar-refractivity contribution >= 4 is 27.3 Å². The van der Waals surface area contributed by atoms with Gasteiger partial charge in [-0.25, -0.2) is 30.4 Å². The molecule has 0 aliphatic carbocycles. The van der Waals surface area contributed by atoms with Gasteiger partial charge in [0, 0.05) is 10.7 Å². The van der Waals surface area contributed by atoms with Crippen molar-refractivity contribution in [1.29, 1.82) is 0 Å². The maximum atomic E-state index is 13.5. The molecule has 0 heterocycles. The van der Waals surface area contributed by atoms with Crippen LogP contribution in [0.15, 0.2) is 29.2 Å². The highest BCUT2D eigenvalue weighted by atomic mass is 35.5. The molecule has 0 aliphatic heterocycles. The van der Waals surface area contributed by atoms with Gasteiger partial charge in [-0.2, -0.15) is 0 Å². The van der Waals surface area contributed by atoms with E-state index in [1.54, 1.807) is 4.72 Å². The highest BCUT2D eigenvalue weighted by Gasteiger charge is 2.33. The van der Waals surface area contributed by atoms with E-state index < -0.39 is 44.0 Å². The lowest BCUT2D eigenvalue weighted by atomic mass is 10.3. The molecule has 0 amide bonds. The lowest BCUT2D eigenvalue weighted by Crippen LogP contribution is -2.19. The molecule has 0 radical (unpaired) electrons. The molecule has 0 aromatic heterocycles. The summed E-state index contributed by atoms with van der Waals surface area (Å²) in [5, 5.41) is 0.249. The Morgan fingerprint density at radius 1 is 0.773 bits per heavy atom. The number of benzene rings is 2. The quantitative estimate of drug-likeness (QED) is 0.515. The summed E-state index contributed by atoms with van der Waals surface area (Å²) in [5.74, 6) is -12.0. The first-order valence-corrected chi connectivity index (χ1v) is 7.31. The lowest BCUT2D eigenvalue weighted by molar-refractivity contribution is 0.358. The minimum Gasteiger partial charge on any atom is -0.279 e. The van der Waals surface area contributed by atoms with Crippen molar-refractivity contribution in [2.75, 3.05) is 4.72 Å². The molecule has 2 aromatic carbocycles. The van der Waals surface area contributed by atoms with E-state index in [0.29, 0.717) is 0 Å². The molecule has 1 N–H and O–H groups in total. The predicted octanol–water partition coefficient (Wildman–Crippen LogP) is 3.84. The minimum absolute atomic E-state index is 0.173. The monoisotopic (exact) mass is 357 g/mol. The SMILES string of the molecule is O=S(=O)(Nc1ccc(Cl)cc1)c1c(F)c(F)c(F)c(F)c1F. The van der Waals surface area contributed by atoms with E-state index in [0.717, 1.165) is 12.1 Å². The predicted molar refractivity (Wildman–Crippen MR) is 68.5 cm³/mol. The smallest absolute Gasteiger partial charge is 0.267 e. The number of nitrogens with one attached hydrogen (secondary N) is 1. The van der Waals surface area contributed by atoms with Crippen LogP contribution in [0.5, 0.6) is 0 Å². The zero-order valence-corrected chi connectivity index (χ0v) is 11.9. The molecule has 2 rings (SSSR count). The van der Waals surface area contributed by atoms with Gasteiger partial charge in [-0.1, -0.05) is 11.6 Å². The Balaban J connectivity index is 2.57. The number of hydrogen-bond donors (Lipinski definition) is 1. The Hall–Kier alpha value is -1.87. The molecule has 22 heavy (non-hydrogen) atoms. The highest BCUT2D eigenvalue weighted by Crippen LogP contribution is 2.28. The molecule has 3 nitrogen and oxygen atoms in total. The first kappa shape index (κ1) is 16.5. The molecule has 118 valence electrons. The summed E-state index contributed by atoms with van der Waals surface area (Å²) in [6.45, 7) is 0. The maximum Gasteiger partial charge on any atom is 0.267 e. The molecule has 0 spiro atoms. The Kier molecular flexibility index (Phi) is 4.30. The topological polar surface area (TPSA) is 46.2 Å². The molecule has 0 saturated heterocycles. The summed E-state index contributed by atoms with van der Waals surface area (Å²) in [5.41, 5.74) is -0.173. The van der Waals surface area contributed by atoms with Crippen LogP contribution in [0.1, 0.15) is 0 Å². The fraction of sp³-hybridized carbons (Fsp3) is 0. The van der Waals surface area contributed by atoms with E-state index in [-0.39, 0.29) is 10.7 Å². The maximum absolute atomic E-state index is 13.5. The molecule has 0 bridgehead atoms. The van der Waals surface area contributed by atoms with Crippen molar-refractivity contribution < 1.29 is 30.4 Å². The molecular weight excluding hydrogens is 353 g/mol. The number of rotatable bonds is 3. The fourth-order valence-electron chi connectivity index (χ4n) is 1.54. The van der Waals surface area contributed by atoms with Gasteiger partial charge in [0.1, 0.15) is 0 Å². The van der Waals surface area contributed by atoms with Crippen molar-refractivity contribution in [2.24, 2.45) is 0 Å². The third-order valence-corrected chi connectivity index (χ3v) is 4.19. The van der Waals surface area contributed by atoms with Gasteiger partial charge < -0.3 is 0 Å². The number of anilines is 1. The second-order valence-corrected chi connectivity index (χ2v) is 6.07. The molecule has 10 heteroatoms. The van der Waals surface area contributed by atoms with Crippen LogP contribution in [0.2, 0.25) is 5.02 Å². The minimum atomic E-state index is -5.04. The number of sulfonamides is 1. The van der Waals surface area contributed by atoms with Crippen LogP contribution >= 0.6 is 11.6 Å². The van der Waals surface area contributed by atoms with Gasteiger partial charge in [-0.3, -0.25) is 4.72 Å². The van der Waals surface area contributed by atoms with Gasteiger partial charge in [0.2, 0.25) is 5.82 Å². The summed E-state index contributed by atoms with van der Waals surface area (Å²) >= 11 is 5.57. The normalized spacial score (nSPS) is 11.5. The first-order chi connectivity index (χ1) is 10.1. The van der Waals surface area contributed by atoms with Crippen LogP contribution in [-0.2, 0) is 10.0 Å². The average molecular weight is 358 g/mol. The lowest BCUT2D eigenvalue weighted by Gasteiger charge is -2.11. The van der Waals surface area contributed by atoms with E-state index in [4.69, 9.17) is 11.6 Å². The van der Waals surface area contributed by atoms with Crippen molar-refractivity contribution in [3.8, 4) is 0 Å². The zero-order chi connectivity index (χ0) is 16.7. The van der Waals surface area contributed by atoms with E-state index in [2.05, 4.69) is 0 Å². The van der Waals surface area contributed by atoms with Gasteiger partial charge >= 0.3 is 0 Å². The average Bonchev–Trinajstić information content (AvgIpc) is 2.45. The van der Waals surface area contributed by atoms with Crippen molar-refractivity contribution in [1.82, 2.24) is 0 Å². The van der Waals surface area contributed by atoms with Crippen LogP contribution in [0.3, 0.4) is 0 Å². The molecule has 0 saturated carbocycles. The summed E-state index contributed by atoms with van der Waals surface area (Å²) in [7, 11) is -5.04. The van der Waals surface area contributed by atoms with Crippen LogP contribution in [0, 0.1) is 29.1 Å². The summed E-state index contributed by atoms with van der Waals surface area (Å²) in [6, 6.07) is 4.81. The van der Waals surface area contributed by atoms with Crippen LogP contribution in [0.4, 0.5) is 27.6 Å². The second-order valence-electron chi connectivity index (χ2n) is 4.01. The van der Waals surface area contributed by atoms with Crippen molar-refractivity contribution in [3.63, 3.8) is 0 Å². The molecule has 2 aromatic rings. The first-order valence-electron chi connectivity index (χ1n) is 5.45. The Morgan fingerprint density at radius 3 is 1.64 bits per heavy atom. The molecule has 0 atom stereocenters. The van der Waals surface area contributed by atoms with E-state index in [9.17, 15) is 30.4 Å². The number of halogens is 6. The Labute approximate surface area is 126 Å². The number of hydrogen-bond acceptors (Lipinski definition) is 2. The third-order valence-electron chi connectivity index (χ3n) is 2.53. The van der Waals surface area contributed by atoms with Gasteiger partial charge in [0.15, 0.2) is 28.2 Å². The van der Waals surface area contributed by atoms with Gasteiger partial charge in [-0.15, -0.1) is 0 Å². The van der Waals surface area contributed by atoms with Gasteiger partial charge in [0.05, 0.1) is 0 Å². The van der Waals surface area contributed by atoms with Crippen LogP contribution < -0.4 is 4.72 Å². The van der Waals surface area contributed by atoms with E-state index in [1.165, 1.54) is 12.1 Å². The molecular formula is C12H5ClF5NO2S. The summed E-state index contributed by atoms with van der Waals surface area (Å²) in [4.78, 5) is -1.96. The van der Waals surface area contributed by atoms with Crippen molar-refractivity contribution in [3.05, 3.63) is 58.4 Å². The van der Waals surface area contributed by atoms with Gasteiger partial charge in [-0.05, 0) is 24.3 Å². The molecule has 0 fully saturated rings. The van der Waals surface area contributed by atoms with E-state index in [1.807, 2.05) is 0 Å². The Bertz CT molecular complexity index is 811. The van der Waals surface area contributed by atoms with Crippen molar-refractivity contribution in [2.45, 2.75) is 4.90 Å². The van der Waals surface area contributed by atoms with Gasteiger partial charge in [0.25, 0.3) is 10.0 Å². The highest BCUT2D eigenvalue weighted by molar-refractivity contribution is 7.92. The standard InChI is InChI=1S/C12H5ClF5NO2S/c13-5-1-3-6(4-2-5)19-22(20,21)12-10(17)8(15)7(14)9(16)11(12)18/h1-4,19H. The molecule has 0 aliphatic rings. The summed E-state index contributed by atoms with van der Waals surface area (Å²) < 4.78 is 91.4. The molecule has 0 unspecified atom stereocenters. The third kappa shape index (κ3) is 2.86.